The smallest absolute Gasteiger partial charge is 0.416 e. The molecule has 1 amide bonds. The van der Waals surface area contributed by atoms with Crippen LogP contribution in [0.1, 0.15) is 29.4 Å². The molecular formula is C16H15F3N2O4. The van der Waals surface area contributed by atoms with Crippen LogP contribution < -0.4 is 0 Å². The fraction of sp³-hybridized carbons (Fsp3) is 0.312. The van der Waals surface area contributed by atoms with E-state index in [1.165, 1.54) is 17.0 Å². The van der Waals surface area contributed by atoms with E-state index in [0.29, 0.717) is 5.56 Å². The van der Waals surface area contributed by atoms with Crippen LogP contribution in [0.15, 0.2) is 34.9 Å². The Hall–Kier alpha value is -2.84. The minimum atomic E-state index is -4.44. The number of carboxylic acids is 1. The van der Waals surface area contributed by atoms with E-state index in [-0.39, 0.29) is 31.1 Å². The molecule has 0 radical (unpaired) electrons. The molecule has 0 aliphatic heterocycles. The Bertz CT molecular complexity index is 753. The van der Waals surface area contributed by atoms with E-state index in [0.717, 1.165) is 18.4 Å². The van der Waals surface area contributed by atoms with Gasteiger partial charge >= 0.3 is 12.1 Å². The zero-order valence-electron chi connectivity index (χ0n) is 13.2. The number of carboxylic acid groups (broad SMARTS) is 1. The van der Waals surface area contributed by atoms with Crippen LogP contribution in [-0.4, -0.2) is 40.0 Å². The van der Waals surface area contributed by atoms with Crippen LogP contribution in [0.5, 0.6) is 0 Å². The summed E-state index contributed by atoms with van der Waals surface area (Å²) in [7, 11) is 0. The van der Waals surface area contributed by atoms with Crippen LogP contribution in [0.4, 0.5) is 13.2 Å². The highest BCUT2D eigenvalue weighted by atomic mass is 19.4. The lowest BCUT2D eigenvalue weighted by atomic mass is 10.1. The topological polar surface area (TPSA) is 83.6 Å². The summed E-state index contributed by atoms with van der Waals surface area (Å²) in [6.45, 7) is 2.00. The van der Waals surface area contributed by atoms with Crippen molar-refractivity contribution in [3.05, 3.63) is 41.8 Å². The molecule has 1 aromatic carbocycles. The Morgan fingerprint density at radius 3 is 2.40 bits per heavy atom. The minimum Gasteiger partial charge on any atom is -0.481 e. The molecule has 0 aliphatic carbocycles. The summed E-state index contributed by atoms with van der Waals surface area (Å²) in [6, 6.07) is 4.19. The molecule has 0 fully saturated rings. The number of nitrogens with zero attached hydrogens (tertiary/aromatic N) is 2. The van der Waals surface area contributed by atoms with Gasteiger partial charge in [-0.1, -0.05) is 0 Å². The molecule has 1 heterocycles. The van der Waals surface area contributed by atoms with Crippen LogP contribution in [0, 0.1) is 0 Å². The molecule has 0 aliphatic rings. The van der Waals surface area contributed by atoms with Gasteiger partial charge in [0.2, 0.25) is 5.89 Å². The average molecular weight is 356 g/mol. The summed E-state index contributed by atoms with van der Waals surface area (Å²) in [4.78, 5) is 28.2. The molecule has 134 valence electrons. The third-order valence-corrected chi connectivity index (χ3v) is 3.45. The molecule has 9 heteroatoms. The monoisotopic (exact) mass is 356 g/mol. The number of carbonyl (C=O) groups excluding carboxylic acids is 1. The van der Waals surface area contributed by atoms with Crippen LogP contribution in [-0.2, 0) is 11.0 Å². The summed E-state index contributed by atoms with van der Waals surface area (Å²) >= 11 is 0. The Balaban J connectivity index is 2.15. The SMILES string of the molecule is CCN(CCC(=O)O)C(=O)c1coc(-c2ccc(C(F)(F)F)cc2)n1. The number of alkyl halides is 3. The third kappa shape index (κ3) is 4.59. The van der Waals surface area contributed by atoms with Crippen molar-refractivity contribution < 1.29 is 32.3 Å². The maximum Gasteiger partial charge on any atom is 0.416 e. The van der Waals surface area contributed by atoms with Crippen molar-refractivity contribution in [1.29, 1.82) is 0 Å². The summed E-state index contributed by atoms with van der Waals surface area (Å²) < 4.78 is 42.8. The lowest BCUT2D eigenvalue weighted by molar-refractivity contribution is -0.138. The predicted molar refractivity (Wildman–Crippen MR) is 80.8 cm³/mol. The quantitative estimate of drug-likeness (QED) is 0.859. The first kappa shape index (κ1) is 18.5. The van der Waals surface area contributed by atoms with Crippen molar-refractivity contribution in [1.82, 2.24) is 9.88 Å². The number of amides is 1. The van der Waals surface area contributed by atoms with Crippen LogP contribution in [0.2, 0.25) is 0 Å². The number of hydrogen-bond donors (Lipinski definition) is 1. The van der Waals surface area contributed by atoms with Gasteiger partial charge in [-0.2, -0.15) is 13.2 Å². The van der Waals surface area contributed by atoms with E-state index in [1.54, 1.807) is 6.92 Å². The lowest BCUT2D eigenvalue weighted by Gasteiger charge is -2.18. The van der Waals surface area contributed by atoms with Crippen molar-refractivity contribution in [3.63, 3.8) is 0 Å². The van der Waals surface area contributed by atoms with E-state index in [9.17, 15) is 22.8 Å². The van der Waals surface area contributed by atoms with E-state index < -0.39 is 23.6 Å². The summed E-state index contributed by atoms with van der Waals surface area (Å²) in [5.74, 6) is -1.53. The molecule has 0 atom stereocenters. The highest BCUT2D eigenvalue weighted by Crippen LogP contribution is 2.30. The molecule has 25 heavy (non-hydrogen) atoms. The Morgan fingerprint density at radius 1 is 1.24 bits per heavy atom. The molecular weight excluding hydrogens is 341 g/mol. The van der Waals surface area contributed by atoms with E-state index in [4.69, 9.17) is 9.52 Å². The van der Waals surface area contributed by atoms with E-state index >= 15 is 0 Å². The largest absolute Gasteiger partial charge is 0.481 e. The number of hydrogen-bond acceptors (Lipinski definition) is 4. The van der Waals surface area contributed by atoms with Crippen molar-refractivity contribution in [3.8, 4) is 11.5 Å². The molecule has 0 saturated heterocycles. The average Bonchev–Trinajstić information content (AvgIpc) is 3.04. The van der Waals surface area contributed by atoms with Gasteiger partial charge in [0.25, 0.3) is 5.91 Å². The van der Waals surface area contributed by atoms with Crippen molar-refractivity contribution in [2.24, 2.45) is 0 Å². The molecule has 2 aromatic rings. The Labute approximate surface area is 140 Å². The fourth-order valence-electron chi connectivity index (χ4n) is 2.10. The van der Waals surface area contributed by atoms with Crippen molar-refractivity contribution in [2.75, 3.05) is 13.1 Å². The summed E-state index contributed by atoms with van der Waals surface area (Å²) in [5.41, 5.74) is -0.548. The number of rotatable bonds is 6. The Morgan fingerprint density at radius 2 is 1.88 bits per heavy atom. The second-order valence-electron chi connectivity index (χ2n) is 5.14. The first-order valence-corrected chi connectivity index (χ1v) is 7.36. The van der Waals surface area contributed by atoms with Gasteiger partial charge in [-0.05, 0) is 31.2 Å². The minimum absolute atomic E-state index is 0.00589. The molecule has 1 N–H and O–H groups in total. The maximum atomic E-state index is 12.6. The van der Waals surface area contributed by atoms with E-state index in [1.807, 2.05) is 0 Å². The molecule has 0 bridgehead atoms. The molecule has 1 aromatic heterocycles. The number of aliphatic carboxylic acids is 1. The first-order valence-electron chi connectivity index (χ1n) is 7.36. The highest BCUT2D eigenvalue weighted by molar-refractivity contribution is 5.92. The maximum absolute atomic E-state index is 12.6. The van der Waals surface area contributed by atoms with Gasteiger partial charge in [-0.15, -0.1) is 0 Å². The fourth-order valence-corrected chi connectivity index (χ4v) is 2.10. The predicted octanol–water partition coefficient (Wildman–Crippen LogP) is 3.30. The van der Waals surface area contributed by atoms with Gasteiger partial charge in [0.15, 0.2) is 5.69 Å². The molecule has 0 spiro atoms. The summed E-state index contributed by atoms with van der Waals surface area (Å²) in [6.07, 6.45) is -3.55. The summed E-state index contributed by atoms with van der Waals surface area (Å²) in [5, 5.41) is 8.69. The van der Waals surface area contributed by atoms with Gasteiger partial charge < -0.3 is 14.4 Å². The zero-order valence-corrected chi connectivity index (χ0v) is 13.2. The second kappa shape index (κ2) is 7.37. The molecule has 2 rings (SSSR count). The molecule has 6 nitrogen and oxygen atoms in total. The van der Waals surface area contributed by atoms with E-state index in [2.05, 4.69) is 4.98 Å². The van der Waals surface area contributed by atoms with Gasteiger partial charge in [0.1, 0.15) is 6.26 Å². The van der Waals surface area contributed by atoms with Crippen LogP contribution >= 0.6 is 0 Å². The van der Waals surface area contributed by atoms with Crippen LogP contribution in [0.3, 0.4) is 0 Å². The number of oxazole rings is 1. The normalized spacial score (nSPS) is 11.4. The Kier molecular flexibility index (Phi) is 5.45. The second-order valence-corrected chi connectivity index (χ2v) is 5.14. The number of carbonyl (C=O) groups is 2. The third-order valence-electron chi connectivity index (χ3n) is 3.45. The van der Waals surface area contributed by atoms with Crippen molar-refractivity contribution in [2.45, 2.75) is 19.5 Å². The standard InChI is InChI=1S/C16H15F3N2O4/c1-2-21(8-7-13(22)23)15(24)12-9-25-14(20-12)10-3-5-11(6-4-10)16(17,18)19/h3-6,9H,2,7-8H2,1H3,(H,22,23). The van der Waals surface area contributed by atoms with Gasteiger partial charge in [0, 0.05) is 18.7 Å². The van der Waals surface area contributed by atoms with Gasteiger partial charge in [-0.3, -0.25) is 9.59 Å². The molecule has 0 saturated carbocycles. The van der Waals surface area contributed by atoms with Gasteiger partial charge in [0.05, 0.1) is 12.0 Å². The highest BCUT2D eigenvalue weighted by Gasteiger charge is 2.30. The number of halogens is 3. The van der Waals surface area contributed by atoms with Gasteiger partial charge in [-0.25, -0.2) is 4.98 Å². The zero-order chi connectivity index (χ0) is 18.6. The van der Waals surface area contributed by atoms with Crippen LogP contribution in [0.25, 0.3) is 11.5 Å². The van der Waals surface area contributed by atoms with Crippen molar-refractivity contribution >= 4 is 11.9 Å². The first-order chi connectivity index (χ1) is 11.7. The number of benzene rings is 1. The lowest BCUT2D eigenvalue weighted by Crippen LogP contribution is -2.33. The molecule has 0 unspecified atom stereocenters. The number of aromatic nitrogens is 1.